The number of hydrogen-bond donors (Lipinski definition) is 0. The van der Waals surface area contributed by atoms with Gasteiger partial charge in [-0.25, -0.2) is 0 Å². The second kappa shape index (κ2) is 4.66. The van der Waals surface area contributed by atoms with Gasteiger partial charge in [-0.15, -0.1) is 0 Å². The van der Waals surface area contributed by atoms with E-state index in [0.717, 1.165) is 0 Å². The average molecular weight is 147 g/mol. The highest BCUT2D eigenvalue weighted by molar-refractivity contribution is 4.31. The van der Waals surface area contributed by atoms with E-state index in [-0.39, 0.29) is 12.2 Å². The third-order valence-electron chi connectivity index (χ3n) is 0.719. The van der Waals surface area contributed by atoms with Crippen molar-refractivity contribution in [2.45, 2.75) is 39.9 Å². The lowest BCUT2D eigenvalue weighted by Crippen LogP contribution is -2.26. The molecule has 0 saturated heterocycles. The maximum atomic E-state index is 5.17. The third kappa shape index (κ3) is 6.01. The molecule has 0 rings (SSSR count). The molecule has 0 spiro atoms. The summed E-state index contributed by atoms with van der Waals surface area (Å²) < 4.78 is 0. The van der Waals surface area contributed by atoms with Crippen LogP contribution in [0.4, 0.5) is 0 Å². The highest BCUT2D eigenvalue weighted by atomic mass is 17.0. The zero-order chi connectivity index (χ0) is 8.15. The Hall–Kier alpha value is -0.120. The van der Waals surface area contributed by atoms with Crippen LogP contribution >= 0.6 is 0 Å². The first kappa shape index (κ1) is 9.88. The SMILES string of the molecule is CC(C)ON(C)OC(C)C. The second-order valence-electron chi connectivity index (χ2n) is 2.75. The molecule has 0 aliphatic carbocycles. The highest BCUT2D eigenvalue weighted by Gasteiger charge is 2.03. The van der Waals surface area contributed by atoms with E-state index in [2.05, 4.69) is 0 Å². The summed E-state index contributed by atoms with van der Waals surface area (Å²) in [7, 11) is 1.75. The van der Waals surface area contributed by atoms with Crippen LogP contribution in [-0.4, -0.2) is 24.5 Å². The predicted octanol–water partition coefficient (Wildman–Crippen LogP) is 1.60. The molecule has 0 aliphatic heterocycles. The van der Waals surface area contributed by atoms with Gasteiger partial charge in [0, 0.05) is 7.05 Å². The predicted molar refractivity (Wildman–Crippen MR) is 40.2 cm³/mol. The van der Waals surface area contributed by atoms with Crippen LogP contribution in [-0.2, 0) is 9.68 Å². The monoisotopic (exact) mass is 147 g/mol. The maximum Gasteiger partial charge on any atom is 0.0763 e. The summed E-state index contributed by atoms with van der Waals surface area (Å²) in [5, 5.41) is 1.40. The van der Waals surface area contributed by atoms with Crippen LogP contribution in [0.15, 0.2) is 0 Å². The summed E-state index contributed by atoms with van der Waals surface area (Å²) in [4.78, 5) is 10.3. The van der Waals surface area contributed by atoms with E-state index in [1.165, 1.54) is 5.23 Å². The minimum absolute atomic E-state index is 0.170. The molecule has 10 heavy (non-hydrogen) atoms. The minimum Gasteiger partial charge on any atom is -0.272 e. The highest BCUT2D eigenvalue weighted by Crippen LogP contribution is 1.97. The fourth-order valence-electron chi connectivity index (χ4n) is 0.619. The smallest absolute Gasteiger partial charge is 0.0763 e. The van der Waals surface area contributed by atoms with Crippen molar-refractivity contribution in [3.05, 3.63) is 0 Å². The lowest BCUT2D eigenvalue weighted by atomic mass is 10.5. The Morgan fingerprint density at radius 3 is 1.40 bits per heavy atom. The third-order valence-corrected chi connectivity index (χ3v) is 0.719. The van der Waals surface area contributed by atoms with Gasteiger partial charge in [0.15, 0.2) is 0 Å². The molecule has 0 radical (unpaired) electrons. The molecule has 0 amide bonds. The van der Waals surface area contributed by atoms with E-state index < -0.39 is 0 Å². The number of nitrogens with zero attached hydrogens (tertiary/aromatic N) is 1. The fourth-order valence-corrected chi connectivity index (χ4v) is 0.619. The van der Waals surface area contributed by atoms with Crippen LogP contribution in [0.5, 0.6) is 0 Å². The Kier molecular flexibility index (Phi) is 4.60. The molecule has 0 bridgehead atoms. The van der Waals surface area contributed by atoms with Gasteiger partial charge in [0.1, 0.15) is 0 Å². The Bertz CT molecular complexity index is 73.7. The Morgan fingerprint density at radius 2 is 1.20 bits per heavy atom. The van der Waals surface area contributed by atoms with Crippen LogP contribution in [0.3, 0.4) is 0 Å². The van der Waals surface area contributed by atoms with Crippen molar-refractivity contribution in [3.8, 4) is 0 Å². The van der Waals surface area contributed by atoms with Crippen LogP contribution in [0.2, 0.25) is 0 Å². The van der Waals surface area contributed by atoms with Crippen LogP contribution in [0.1, 0.15) is 27.7 Å². The molecule has 0 N–H and O–H groups in total. The molecule has 0 unspecified atom stereocenters. The summed E-state index contributed by atoms with van der Waals surface area (Å²) in [5.74, 6) is 0. The molecular formula is C7H17NO2. The zero-order valence-corrected chi connectivity index (χ0v) is 7.42. The van der Waals surface area contributed by atoms with E-state index in [4.69, 9.17) is 9.68 Å². The second-order valence-corrected chi connectivity index (χ2v) is 2.75. The lowest BCUT2D eigenvalue weighted by molar-refractivity contribution is -0.380. The van der Waals surface area contributed by atoms with E-state index in [0.29, 0.717) is 0 Å². The van der Waals surface area contributed by atoms with Gasteiger partial charge in [0.2, 0.25) is 0 Å². The summed E-state index contributed by atoms with van der Waals surface area (Å²) in [6.07, 6.45) is 0.340. The Labute approximate surface area is 62.8 Å². The molecule has 3 heteroatoms. The number of hydrogen-bond acceptors (Lipinski definition) is 3. The first-order chi connectivity index (χ1) is 4.52. The van der Waals surface area contributed by atoms with Crippen molar-refractivity contribution in [1.82, 2.24) is 5.23 Å². The normalized spacial score (nSPS) is 12.0. The first-order valence-corrected chi connectivity index (χ1v) is 3.59. The molecule has 0 atom stereocenters. The van der Waals surface area contributed by atoms with Crippen molar-refractivity contribution >= 4 is 0 Å². The number of rotatable bonds is 4. The van der Waals surface area contributed by atoms with Gasteiger partial charge in [-0.05, 0) is 27.7 Å². The quantitative estimate of drug-likeness (QED) is 0.564. The van der Waals surface area contributed by atoms with Gasteiger partial charge in [-0.2, -0.15) is 0 Å². The topological polar surface area (TPSA) is 21.7 Å². The summed E-state index contributed by atoms with van der Waals surface area (Å²) in [6, 6.07) is 0. The minimum atomic E-state index is 0.170. The maximum absolute atomic E-state index is 5.17. The van der Waals surface area contributed by atoms with E-state index in [9.17, 15) is 0 Å². The average Bonchev–Trinajstić information content (AvgIpc) is 1.58. The van der Waals surface area contributed by atoms with Gasteiger partial charge in [0.05, 0.1) is 12.2 Å². The van der Waals surface area contributed by atoms with Crippen molar-refractivity contribution in [3.63, 3.8) is 0 Å². The van der Waals surface area contributed by atoms with Gasteiger partial charge in [-0.3, -0.25) is 9.68 Å². The van der Waals surface area contributed by atoms with Gasteiger partial charge in [-0.1, -0.05) is 5.23 Å². The molecule has 0 aromatic carbocycles. The van der Waals surface area contributed by atoms with Crippen LogP contribution in [0, 0.1) is 0 Å². The van der Waals surface area contributed by atoms with E-state index in [1.54, 1.807) is 7.05 Å². The number of hydroxylamine groups is 2. The summed E-state index contributed by atoms with van der Waals surface area (Å²) >= 11 is 0. The molecule has 0 aliphatic rings. The van der Waals surface area contributed by atoms with E-state index in [1.807, 2.05) is 27.7 Å². The molecule has 0 aromatic rings. The van der Waals surface area contributed by atoms with Crippen molar-refractivity contribution in [2.24, 2.45) is 0 Å². The van der Waals surface area contributed by atoms with Gasteiger partial charge in [0.25, 0.3) is 0 Å². The molecule has 3 nitrogen and oxygen atoms in total. The van der Waals surface area contributed by atoms with Crippen LogP contribution in [0.25, 0.3) is 0 Å². The lowest BCUT2D eigenvalue weighted by Gasteiger charge is -2.20. The molecule has 62 valence electrons. The summed E-state index contributed by atoms with van der Waals surface area (Å²) in [5.41, 5.74) is 0. The molecule has 0 saturated carbocycles. The molecule has 0 heterocycles. The van der Waals surface area contributed by atoms with Crippen molar-refractivity contribution < 1.29 is 9.68 Å². The Morgan fingerprint density at radius 1 is 0.900 bits per heavy atom. The van der Waals surface area contributed by atoms with Gasteiger partial charge >= 0.3 is 0 Å². The van der Waals surface area contributed by atoms with Gasteiger partial charge < -0.3 is 0 Å². The largest absolute Gasteiger partial charge is 0.272 e. The standard InChI is InChI=1S/C7H17NO2/c1-6(2)9-8(5)10-7(3)4/h6-7H,1-5H3. The van der Waals surface area contributed by atoms with Crippen molar-refractivity contribution in [1.29, 1.82) is 0 Å². The fraction of sp³-hybridized carbons (Fsp3) is 1.00. The van der Waals surface area contributed by atoms with Crippen molar-refractivity contribution in [2.75, 3.05) is 7.05 Å². The zero-order valence-electron chi connectivity index (χ0n) is 7.42. The molecular weight excluding hydrogens is 130 g/mol. The molecule has 0 aromatic heterocycles. The molecule has 0 fully saturated rings. The van der Waals surface area contributed by atoms with E-state index >= 15 is 0 Å². The van der Waals surface area contributed by atoms with Crippen LogP contribution < -0.4 is 0 Å². The Balaban J connectivity index is 3.34. The summed E-state index contributed by atoms with van der Waals surface area (Å²) in [6.45, 7) is 7.83. The first-order valence-electron chi connectivity index (χ1n) is 3.59.